The Hall–Kier alpha value is -1.35. The number of aryl methyl sites for hydroxylation is 2. The van der Waals surface area contributed by atoms with Crippen LogP contribution in [0.4, 0.5) is 0 Å². The molecule has 0 radical (unpaired) electrons. The van der Waals surface area contributed by atoms with Crippen LogP contribution < -0.4 is 0 Å². The Labute approximate surface area is 93.7 Å². The van der Waals surface area contributed by atoms with Gasteiger partial charge >= 0.3 is 0 Å². The van der Waals surface area contributed by atoms with Crippen LogP contribution in [0.5, 0.6) is 0 Å². The summed E-state index contributed by atoms with van der Waals surface area (Å²) in [5.41, 5.74) is 3.14. The maximum Gasteiger partial charge on any atom is 0.153 e. The van der Waals surface area contributed by atoms with Crippen molar-refractivity contribution in [2.45, 2.75) is 19.7 Å². The zero-order valence-corrected chi connectivity index (χ0v) is 9.49. The van der Waals surface area contributed by atoms with Crippen molar-refractivity contribution in [1.82, 2.24) is 14.8 Å². The van der Waals surface area contributed by atoms with Gasteiger partial charge in [0, 0.05) is 17.8 Å². The molecule has 0 aliphatic rings. The zero-order chi connectivity index (χ0) is 10.8. The molecule has 0 saturated carbocycles. The van der Waals surface area contributed by atoms with Crippen LogP contribution in [0.15, 0.2) is 24.5 Å². The molecule has 0 unspecified atom stereocenters. The van der Waals surface area contributed by atoms with Crippen molar-refractivity contribution in [3.8, 4) is 5.82 Å². The fourth-order valence-corrected chi connectivity index (χ4v) is 1.67. The molecule has 0 saturated heterocycles. The molecule has 2 heterocycles. The van der Waals surface area contributed by atoms with E-state index < -0.39 is 0 Å². The molecular formula is C11H12ClN3. The van der Waals surface area contributed by atoms with Gasteiger partial charge in [0.15, 0.2) is 5.82 Å². The standard InChI is InChI=1S/C11H12ClN3/c1-8-6-13-15(7-8)11-4-3-10(5-12)9(2)14-11/h3-4,6-7H,5H2,1-2H3. The van der Waals surface area contributed by atoms with Crippen LogP contribution in [-0.4, -0.2) is 14.8 Å². The van der Waals surface area contributed by atoms with Crippen LogP contribution in [0.1, 0.15) is 16.8 Å². The van der Waals surface area contributed by atoms with Crippen molar-refractivity contribution < 1.29 is 0 Å². The average Bonchev–Trinajstić information content (AvgIpc) is 2.65. The van der Waals surface area contributed by atoms with Gasteiger partial charge in [-0.2, -0.15) is 5.10 Å². The van der Waals surface area contributed by atoms with Crippen LogP contribution in [0.25, 0.3) is 5.82 Å². The molecule has 0 aromatic carbocycles. The first-order valence-corrected chi connectivity index (χ1v) is 5.28. The predicted molar refractivity (Wildman–Crippen MR) is 60.4 cm³/mol. The summed E-state index contributed by atoms with van der Waals surface area (Å²) in [5.74, 6) is 1.33. The number of rotatable bonds is 2. The van der Waals surface area contributed by atoms with Crippen LogP contribution in [0, 0.1) is 13.8 Å². The quantitative estimate of drug-likeness (QED) is 0.730. The number of alkyl halides is 1. The van der Waals surface area contributed by atoms with Gasteiger partial charge in [-0.1, -0.05) is 6.07 Å². The lowest BCUT2D eigenvalue weighted by atomic mass is 10.2. The number of hydrogen-bond acceptors (Lipinski definition) is 2. The van der Waals surface area contributed by atoms with Crippen LogP contribution >= 0.6 is 11.6 Å². The molecule has 4 heteroatoms. The Bertz CT molecular complexity index is 476. The number of pyridine rings is 1. The summed E-state index contributed by atoms with van der Waals surface area (Å²) < 4.78 is 1.76. The van der Waals surface area contributed by atoms with Crippen molar-refractivity contribution >= 4 is 11.6 Å². The Balaban J connectivity index is 2.42. The summed E-state index contributed by atoms with van der Waals surface area (Å²) in [5, 5.41) is 4.20. The molecule has 0 aliphatic heterocycles. The Morgan fingerprint density at radius 1 is 1.33 bits per heavy atom. The third-order valence-electron chi connectivity index (χ3n) is 2.27. The van der Waals surface area contributed by atoms with E-state index in [0.29, 0.717) is 5.88 Å². The normalized spacial score (nSPS) is 10.6. The van der Waals surface area contributed by atoms with Gasteiger partial charge in [-0.25, -0.2) is 9.67 Å². The molecule has 0 N–H and O–H groups in total. The minimum atomic E-state index is 0.497. The topological polar surface area (TPSA) is 30.7 Å². The Morgan fingerprint density at radius 2 is 2.13 bits per heavy atom. The maximum absolute atomic E-state index is 5.77. The van der Waals surface area contributed by atoms with Crippen LogP contribution in [0.3, 0.4) is 0 Å². The second-order valence-corrected chi connectivity index (χ2v) is 3.78. The summed E-state index contributed by atoms with van der Waals surface area (Å²) in [6.45, 7) is 3.96. The van der Waals surface area contributed by atoms with Crippen LogP contribution in [-0.2, 0) is 5.88 Å². The van der Waals surface area contributed by atoms with Crippen molar-refractivity contribution in [3.63, 3.8) is 0 Å². The van der Waals surface area contributed by atoms with Crippen molar-refractivity contribution in [1.29, 1.82) is 0 Å². The molecule has 2 rings (SSSR count). The van der Waals surface area contributed by atoms with Gasteiger partial charge in [-0.15, -0.1) is 11.6 Å². The lowest BCUT2D eigenvalue weighted by molar-refractivity contribution is 0.837. The van der Waals surface area contributed by atoms with E-state index >= 15 is 0 Å². The van der Waals surface area contributed by atoms with E-state index in [9.17, 15) is 0 Å². The van der Waals surface area contributed by atoms with Gasteiger partial charge in [0.2, 0.25) is 0 Å². The third kappa shape index (κ3) is 2.02. The molecule has 2 aromatic heterocycles. The fraction of sp³-hybridized carbons (Fsp3) is 0.273. The second-order valence-electron chi connectivity index (χ2n) is 3.51. The zero-order valence-electron chi connectivity index (χ0n) is 8.74. The summed E-state index contributed by atoms with van der Waals surface area (Å²) in [6, 6.07) is 3.92. The molecular weight excluding hydrogens is 210 g/mol. The van der Waals surface area contributed by atoms with E-state index in [0.717, 1.165) is 22.6 Å². The fourth-order valence-electron chi connectivity index (χ4n) is 1.38. The highest BCUT2D eigenvalue weighted by Crippen LogP contribution is 2.12. The molecule has 78 valence electrons. The van der Waals surface area contributed by atoms with Gasteiger partial charge in [0.1, 0.15) is 0 Å². The highest BCUT2D eigenvalue weighted by atomic mass is 35.5. The smallest absolute Gasteiger partial charge is 0.153 e. The van der Waals surface area contributed by atoms with E-state index in [1.54, 1.807) is 4.68 Å². The first-order valence-electron chi connectivity index (χ1n) is 4.75. The summed E-state index contributed by atoms with van der Waals surface area (Å²) in [7, 11) is 0. The highest BCUT2D eigenvalue weighted by molar-refractivity contribution is 6.17. The molecule has 0 amide bonds. The van der Waals surface area contributed by atoms with E-state index in [2.05, 4.69) is 10.1 Å². The van der Waals surface area contributed by atoms with Crippen molar-refractivity contribution in [2.75, 3.05) is 0 Å². The minimum Gasteiger partial charge on any atom is -0.234 e. The first-order chi connectivity index (χ1) is 7.20. The molecule has 15 heavy (non-hydrogen) atoms. The number of aromatic nitrogens is 3. The SMILES string of the molecule is Cc1cnn(-c2ccc(CCl)c(C)n2)c1. The molecule has 0 spiro atoms. The molecule has 2 aromatic rings. The third-order valence-corrected chi connectivity index (χ3v) is 2.56. The number of halogens is 1. The summed E-state index contributed by atoms with van der Waals surface area (Å²) in [6.07, 6.45) is 3.76. The molecule has 0 aliphatic carbocycles. The van der Waals surface area contributed by atoms with Crippen LogP contribution in [0.2, 0.25) is 0 Å². The van der Waals surface area contributed by atoms with Gasteiger partial charge in [-0.3, -0.25) is 0 Å². The van der Waals surface area contributed by atoms with Gasteiger partial charge in [0.25, 0.3) is 0 Å². The van der Waals surface area contributed by atoms with E-state index in [1.165, 1.54) is 0 Å². The summed E-state index contributed by atoms with van der Waals surface area (Å²) >= 11 is 5.77. The molecule has 3 nitrogen and oxygen atoms in total. The van der Waals surface area contributed by atoms with Gasteiger partial charge in [-0.05, 0) is 31.0 Å². The Kier molecular flexibility index (Phi) is 2.73. The predicted octanol–water partition coefficient (Wildman–Crippen LogP) is 2.62. The largest absolute Gasteiger partial charge is 0.234 e. The van der Waals surface area contributed by atoms with Gasteiger partial charge < -0.3 is 0 Å². The lowest BCUT2D eigenvalue weighted by Gasteiger charge is -2.04. The maximum atomic E-state index is 5.77. The summed E-state index contributed by atoms with van der Waals surface area (Å²) in [4.78, 5) is 4.44. The Morgan fingerprint density at radius 3 is 2.67 bits per heavy atom. The second kappa shape index (κ2) is 4.03. The van der Waals surface area contributed by atoms with E-state index in [4.69, 9.17) is 11.6 Å². The number of nitrogens with zero attached hydrogens (tertiary/aromatic N) is 3. The van der Waals surface area contributed by atoms with E-state index in [1.807, 2.05) is 38.4 Å². The highest BCUT2D eigenvalue weighted by Gasteiger charge is 2.03. The number of hydrogen-bond donors (Lipinski definition) is 0. The average molecular weight is 222 g/mol. The minimum absolute atomic E-state index is 0.497. The van der Waals surface area contributed by atoms with Crippen molar-refractivity contribution in [3.05, 3.63) is 41.3 Å². The lowest BCUT2D eigenvalue weighted by Crippen LogP contribution is -2.00. The van der Waals surface area contributed by atoms with E-state index in [-0.39, 0.29) is 0 Å². The molecule has 0 fully saturated rings. The van der Waals surface area contributed by atoms with Crippen molar-refractivity contribution in [2.24, 2.45) is 0 Å². The van der Waals surface area contributed by atoms with Gasteiger partial charge in [0.05, 0.1) is 6.20 Å². The molecule has 0 bridgehead atoms. The molecule has 0 atom stereocenters. The first kappa shape index (κ1) is 10.2. The monoisotopic (exact) mass is 221 g/mol.